The zero-order valence-corrected chi connectivity index (χ0v) is 15.7. The third-order valence-electron chi connectivity index (χ3n) is 5.25. The summed E-state index contributed by atoms with van der Waals surface area (Å²) in [6.45, 7) is 5.70. The van der Waals surface area contributed by atoms with Crippen LogP contribution in [0.2, 0.25) is 0 Å². The summed E-state index contributed by atoms with van der Waals surface area (Å²) in [6, 6.07) is 2.54. The summed E-state index contributed by atoms with van der Waals surface area (Å²) >= 11 is 0. The van der Waals surface area contributed by atoms with E-state index < -0.39 is 12.0 Å². The van der Waals surface area contributed by atoms with E-state index in [-0.39, 0.29) is 34.9 Å². The van der Waals surface area contributed by atoms with Crippen LogP contribution < -0.4 is 10.6 Å². The molecule has 0 aliphatic heterocycles. The van der Waals surface area contributed by atoms with E-state index in [4.69, 9.17) is 0 Å². The number of carboxylic acids is 1. The van der Waals surface area contributed by atoms with E-state index >= 15 is 0 Å². The number of nitrogens with zero attached hydrogens (tertiary/aromatic N) is 2. The van der Waals surface area contributed by atoms with Gasteiger partial charge in [-0.3, -0.25) is 14.6 Å². The first-order chi connectivity index (χ1) is 12.0. The number of aliphatic carboxylic acids is 1. The predicted molar refractivity (Wildman–Crippen MR) is 96.9 cm³/mol. The Morgan fingerprint density at radius 3 is 2.54 bits per heavy atom. The van der Waals surface area contributed by atoms with E-state index in [2.05, 4.69) is 15.6 Å². The number of hydrogen-bond acceptors (Lipinski definition) is 4. The molecule has 1 fully saturated rings. The Labute approximate surface area is 153 Å². The van der Waals surface area contributed by atoms with Crippen LogP contribution in [0.3, 0.4) is 0 Å². The van der Waals surface area contributed by atoms with Gasteiger partial charge >= 0.3 is 12.0 Å². The largest absolute Gasteiger partial charge is 0.481 e. The summed E-state index contributed by atoms with van der Waals surface area (Å²) < 4.78 is 0. The van der Waals surface area contributed by atoms with Crippen LogP contribution in [-0.2, 0) is 4.79 Å². The number of pyridine rings is 1. The zero-order valence-electron chi connectivity index (χ0n) is 15.7. The van der Waals surface area contributed by atoms with E-state index in [1.165, 1.54) is 17.2 Å². The molecule has 1 aliphatic carbocycles. The van der Waals surface area contributed by atoms with E-state index in [1.54, 1.807) is 20.2 Å². The van der Waals surface area contributed by atoms with Crippen molar-refractivity contribution in [3.63, 3.8) is 0 Å². The summed E-state index contributed by atoms with van der Waals surface area (Å²) in [5.74, 6) is -1.35. The minimum absolute atomic E-state index is 0.0812. The molecule has 3 N–H and O–H groups in total. The van der Waals surface area contributed by atoms with E-state index in [0.717, 1.165) is 0 Å². The minimum atomic E-state index is -0.794. The Morgan fingerprint density at radius 1 is 1.35 bits per heavy atom. The van der Waals surface area contributed by atoms with Gasteiger partial charge in [0.1, 0.15) is 5.69 Å². The van der Waals surface area contributed by atoms with Crippen LogP contribution in [0.25, 0.3) is 0 Å². The number of rotatable bonds is 5. The molecule has 0 saturated heterocycles. The molecular weight excluding hydrogens is 336 g/mol. The lowest BCUT2D eigenvalue weighted by molar-refractivity contribution is -0.160. The van der Waals surface area contributed by atoms with Gasteiger partial charge in [-0.05, 0) is 36.8 Å². The van der Waals surface area contributed by atoms with Gasteiger partial charge in [0.2, 0.25) is 0 Å². The van der Waals surface area contributed by atoms with Gasteiger partial charge < -0.3 is 20.6 Å². The number of aromatic nitrogens is 1. The van der Waals surface area contributed by atoms with Gasteiger partial charge in [-0.1, -0.05) is 13.8 Å². The minimum Gasteiger partial charge on any atom is -0.481 e. The third kappa shape index (κ3) is 3.95. The number of carbonyl (C=O) groups is 3. The lowest BCUT2D eigenvalue weighted by Crippen LogP contribution is -2.57. The number of urea groups is 1. The van der Waals surface area contributed by atoms with Crippen molar-refractivity contribution < 1.29 is 19.5 Å². The second kappa shape index (κ2) is 7.31. The summed E-state index contributed by atoms with van der Waals surface area (Å²) in [7, 11) is 3.26. The highest BCUT2D eigenvalue weighted by molar-refractivity contribution is 5.95. The Hall–Kier alpha value is -2.64. The molecule has 1 aromatic heterocycles. The predicted octanol–water partition coefficient (Wildman–Crippen LogP) is 2.04. The highest BCUT2D eigenvalue weighted by Gasteiger charge is 2.53. The highest BCUT2D eigenvalue weighted by atomic mass is 16.4. The molecule has 26 heavy (non-hydrogen) atoms. The van der Waals surface area contributed by atoms with Gasteiger partial charge in [0, 0.05) is 32.0 Å². The molecule has 1 saturated carbocycles. The molecule has 8 heteroatoms. The molecule has 3 amide bonds. The van der Waals surface area contributed by atoms with Gasteiger partial charge in [-0.25, -0.2) is 4.79 Å². The standard InChI is InChI=1S/C18H26N4O4/c1-10(12-9-13(16(24)25)18(12,2)3)20-17(26)21-11-6-7-19-14(8-11)15(23)22(4)5/h6-8,10,12-13H,9H2,1-5H3,(H,24,25)(H2,19,20,21,26)/t10?,12-,13+/m0/s1. The molecule has 3 atom stereocenters. The molecule has 2 rings (SSSR count). The van der Waals surface area contributed by atoms with Crippen LogP contribution in [0.1, 0.15) is 37.7 Å². The summed E-state index contributed by atoms with van der Waals surface area (Å²) in [5, 5.41) is 14.8. The Kier molecular flexibility index (Phi) is 5.53. The maximum Gasteiger partial charge on any atom is 0.319 e. The Balaban J connectivity index is 1.96. The molecule has 0 radical (unpaired) electrons. The smallest absolute Gasteiger partial charge is 0.319 e. The third-order valence-corrected chi connectivity index (χ3v) is 5.25. The van der Waals surface area contributed by atoms with Crippen molar-refractivity contribution in [1.29, 1.82) is 0 Å². The second-order valence-corrected chi connectivity index (χ2v) is 7.57. The highest BCUT2D eigenvalue weighted by Crippen LogP contribution is 2.52. The van der Waals surface area contributed by atoms with Crippen molar-refractivity contribution >= 4 is 23.6 Å². The molecule has 142 valence electrons. The fourth-order valence-electron chi connectivity index (χ4n) is 3.56. The molecular formula is C18H26N4O4. The van der Waals surface area contributed by atoms with Gasteiger partial charge in [0.25, 0.3) is 5.91 Å². The van der Waals surface area contributed by atoms with Crippen molar-refractivity contribution in [2.24, 2.45) is 17.3 Å². The summed E-state index contributed by atoms with van der Waals surface area (Å²) in [4.78, 5) is 40.8. The molecule has 1 heterocycles. The van der Waals surface area contributed by atoms with Crippen LogP contribution >= 0.6 is 0 Å². The van der Waals surface area contributed by atoms with Crippen LogP contribution in [0.5, 0.6) is 0 Å². The van der Waals surface area contributed by atoms with E-state index in [9.17, 15) is 19.5 Å². The van der Waals surface area contributed by atoms with Gasteiger partial charge in [0.15, 0.2) is 0 Å². The first-order valence-corrected chi connectivity index (χ1v) is 8.52. The van der Waals surface area contributed by atoms with Gasteiger partial charge in [-0.2, -0.15) is 0 Å². The average Bonchev–Trinajstić information content (AvgIpc) is 2.52. The van der Waals surface area contributed by atoms with Crippen LogP contribution in [-0.4, -0.2) is 53.0 Å². The lowest BCUT2D eigenvalue weighted by Gasteiger charge is -2.52. The first kappa shape index (κ1) is 19.7. The topological polar surface area (TPSA) is 112 Å². The van der Waals surface area contributed by atoms with Gasteiger partial charge in [-0.15, -0.1) is 0 Å². The SMILES string of the molecule is CC(NC(=O)Nc1ccnc(C(=O)N(C)C)c1)[C@@H]1C[C@H](C(=O)O)C1(C)C. The second-order valence-electron chi connectivity index (χ2n) is 7.57. The first-order valence-electron chi connectivity index (χ1n) is 8.52. The Bertz CT molecular complexity index is 717. The number of hydrogen-bond donors (Lipinski definition) is 3. The molecule has 0 bridgehead atoms. The quantitative estimate of drug-likeness (QED) is 0.742. The van der Waals surface area contributed by atoms with Crippen molar-refractivity contribution in [2.75, 3.05) is 19.4 Å². The number of carbonyl (C=O) groups excluding carboxylic acids is 2. The van der Waals surface area contributed by atoms with Gasteiger partial charge in [0.05, 0.1) is 5.92 Å². The maximum atomic E-state index is 12.3. The monoisotopic (exact) mass is 362 g/mol. The van der Waals surface area contributed by atoms with Crippen LogP contribution in [0, 0.1) is 17.3 Å². The summed E-state index contributed by atoms with van der Waals surface area (Å²) in [5.41, 5.74) is 0.331. The molecule has 1 aliphatic rings. The molecule has 1 aromatic rings. The molecule has 0 spiro atoms. The average molecular weight is 362 g/mol. The zero-order chi connectivity index (χ0) is 19.6. The number of carboxylic acid groups (broad SMARTS) is 1. The summed E-state index contributed by atoms with van der Waals surface area (Å²) in [6.07, 6.45) is 2.00. The van der Waals surface area contributed by atoms with Crippen molar-refractivity contribution in [2.45, 2.75) is 33.2 Å². The van der Waals surface area contributed by atoms with Crippen molar-refractivity contribution in [3.05, 3.63) is 24.0 Å². The number of anilines is 1. The Morgan fingerprint density at radius 2 is 2.00 bits per heavy atom. The van der Waals surface area contributed by atoms with Crippen LogP contribution in [0.4, 0.5) is 10.5 Å². The molecule has 8 nitrogen and oxygen atoms in total. The molecule has 0 aromatic carbocycles. The fourth-order valence-corrected chi connectivity index (χ4v) is 3.56. The maximum absolute atomic E-state index is 12.3. The molecule has 1 unspecified atom stereocenters. The lowest BCUT2D eigenvalue weighted by atomic mass is 9.53. The van der Waals surface area contributed by atoms with Crippen molar-refractivity contribution in [3.8, 4) is 0 Å². The fraction of sp³-hybridized carbons (Fsp3) is 0.556. The van der Waals surface area contributed by atoms with E-state index in [0.29, 0.717) is 12.1 Å². The van der Waals surface area contributed by atoms with Crippen molar-refractivity contribution in [1.82, 2.24) is 15.2 Å². The normalized spacial score (nSPS) is 21.9. The van der Waals surface area contributed by atoms with E-state index in [1.807, 2.05) is 20.8 Å². The number of amides is 3. The number of nitrogens with one attached hydrogen (secondary N) is 2. The van der Waals surface area contributed by atoms with Crippen LogP contribution in [0.15, 0.2) is 18.3 Å².